The summed E-state index contributed by atoms with van der Waals surface area (Å²) in [6, 6.07) is 6.46. The molecule has 4 heterocycles. The van der Waals surface area contributed by atoms with Crippen LogP contribution in [0, 0.1) is 5.92 Å². The van der Waals surface area contributed by atoms with E-state index >= 15 is 0 Å². The van der Waals surface area contributed by atoms with Crippen LogP contribution in [0.3, 0.4) is 0 Å². The minimum Gasteiger partial charge on any atom is -0.490 e. The van der Waals surface area contributed by atoms with Crippen molar-refractivity contribution in [1.82, 2.24) is 9.88 Å². The van der Waals surface area contributed by atoms with E-state index in [9.17, 15) is 22.0 Å². The molecule has 1 aromatic carbocycles. The monoisotopic (exact) mass is 537 g/mol. The molecule has 0 radical (unpaired) electrons. The Morgan fingerprint density at radius 1 is 1.14 bits per heavy atom. The van der Waals surface area contributed by atoms with Gasteiger partial charge in [-0.25, -0.2) is 22.2 Å². The molecule has 12 heteroatoms. The fourth-order valence-corrected chi connectivity index (χ4v) is 5.85. The number of anilines is 2. The van der Waals surface area contributed by atoms with Crippen molar-refractivity contribution in [3.63, 3.8) is 0 Å². The number of sulfone groups is 1. The summed E-state index contributed by atoms with van der Waals surface area (Å²) < 4.78 is 68.6. The van der Waals surface area contributed by atoms with E-state index < -0.39 is 26.9 Å². The number of pyridine rings is 1. The van der Waals surface area contributed by atoms with Crippen molar-refractivity contribution in [2.75, 3.05) is 50.6 Å². The minimum absolute atomic E-state index is 0.00257. The fourth-order valence-electron chi connectivity index (χ4n) is 5.03. The highest BCUT2D eigenvalue weighted by atomic mass is 32.2. The van der Waals surface area contributed by atoms with E-state index in [1.165, 1.54) is 6.20 Å². The number of amides is 1. The Bertz CT molecular complexity index is 1270. The van der Waals surface area contributed by atoms with E-state index in [0.29, 0.717) is 68.7 Å². The van der Waals surface area contributed by atoms with Crippen molar-refractivity contribution in [3.05, 3.63) is 36.0 Å². The molecule has 37 heavy (non-hydrogen) atoms. The average Bonchev–Trinajstić information content (AvgIpc) is 3.36. The van der Waals surface area contributed by atoms with Gasteiger partial charge in [-0.1, -0.05) is 0 Å². The van der Waals surface area contributed by atoms with E-state index in [-0.39, 0.29) is 17.9 Å². The molecule has 2 fully saturated rings. The summed E-state index contributed by atoms with van der Waals surface area (Å²) in [6.45, 7) is 3.04. The van der Waals surface area contributed by atoms with E-state index in [2.05, 4.69) is 4.98 Å². The number of likely N-dealkylation sites (tertiary alicyclic amines) is 1. The number of carbonyl (C=O) groups is 1. The van der Waals surface area contributed by atoms with Crippen LogP contribution in [0.4, 0.5) is 20.2 Å². The Balaban J connectivity index is 1.34. The molecule has 1 aromatic heterocycles. The number of hydrogen-bond donors (Lipinski definition) is 0. The second kappa shape index (κ2) is 10.4. The Kier molecular flexibility index (Phi) is 7.21. The summed E-state index contributed by atoms with van der Waals surface area (Å²) in [4.78, 5) is 20.3. The van der Waals surface area contributed by atoms with Crippen molar-refractivity contribution in [3.8, 4) is 11.5 Å². The first-order chi connectivity index (χ1) is 17.7. The number of benzene rings is 1. The first-order valence-electron chi connectivity index (χ1n) is 12.3. The third-order valence-electron chi connectivity index (χ3n) is 6.89. The van der Waals surface area contributed by atoms with E-state index in [1.54, 1.807) is 23.1 Å². The third-order valence-corrected chi connectivity index (χ3v) is 7.93. The van der Waals surface area contributed by atoms with Gasteiger partial charge < -0.3 is 24.0 Å². The zero-order valence-corrected chi connectivity index (χ0v) is 21.3. The topological polar surface area (TPSA) is 98.3 Å². The van der Waals surface area contributed by atoms with E-state index in [0.717, 1.165) is 25.2 Å². The second-order valence-corrected chi connectivity index (χ2v) is 11.4. The molecule has 2 saturated heterocycles. The number of carbonyl (C=O) groups excluding carboxylic acids is 1. The highest BCUT2D eigenvalue weighted by molar-refractivity contribution is 7.90. The van der Waals surface area contributed by atoms with Gasteiger partial charge in [0.05, 0.1) is 36.2 Å². The van der Waals surface area contributed by atoms with Crippen molar-refractivity contribution >= 4 is 27.1 Å². The summed E-state index contributed by atoms with van der Waals surface area (Å²) in [5.74, 6) is 1.27. The molecule has 3 aliphatic heterocycles. The lowest BCUT2D eigenvalue weighted by molar-refractivity contribution is -0.137. The molecule has 0 spiro atoms. The number of rotatable bonds is 6. The SMILES string of the molecule is CS(=O)(=O)c1ncc(N2CCOc3ccc(O[C@H]4CCN(C(=O)C5CCOCC5)C4)cc32)cc1C(F)F. The molecule has 3 aliphatic rings. The Morgan fingerprint density at radius 2 is 1.92 bits per heavy atom. The molecule has 0 N–H and O–H groups in total. The fraction of sp³-hybridized carbons (Fsp3) is 0.520. The number of aromatic nitrogens is 1. The molecule has 200 valence electrons. The molecule has 1 amide bonds. The van der Waals surface area contributed by atoms with Gasteiger partial charge in [-0.2, -0.15) is 0 Å². The van der Waals surface area contributed by atoms with Gasteiger partial charge in [0.1, 0.15) is 24.2 Å². The quantitative estimate of drug-likeness (QED) is 0.554. The summed E-state index contributed by atoms with van der Waals surface area (Å²) in [5.41, 5.74) is 0.296. The zero-order chi connectivity index (χ0) is 26.2. The normalized spacial score (nSPS) is 20.6. The van der Waals surface area contributed by atoms with Crippen LogP contribution < -0.4 is 14.4 Å². The largest absolute Gasteiger partial charge is 0.490 e. The van der Waals surface area contributed by atoms with Crippen LogP contribution in [-0.2, 0) is 19.4 Å². The molecule has 2 aromatic rings. The van der Waals surface area contributed by atoms with Gasteiger partial charge in [0.25, 0.3) is 6.43 Å². The van der Waals surface area contributed by atoms with E-state index in [1.807, 2.05) is 4.90 Å². The van der Waals surface area contributed by atoms with Crippen molar-refractivity contribution in [2.24, 2.45) is 5.92 Å². The molecule has 9 nitrogen and oxygen atoms in total. The zero-order valence-electron chi connectivity index (χ0n) is 20.4. The molecule has 0 unspecified atom stereocenters. The summed E-state index contributed by atoms with van der Waals surface area (Å²) >= 11 is 0. The standard InChI is InChI=1S/C25H29F2N3O6S/c1-37(32,33)24-20(23(26)27)12-17(14-28-24)30-8-11-35-22-3-2-18(13-21(22)30)36-19-4-7-29(15-19)25(31)16-5-9-34-10-6-16/h2-3,12-14,16,19,23H,4-11,15H2,1H3/t19-/m0/s1. The Labute approximate surface area is 214 Å². The van der Waals surface area contributed by atoms with Crippen LogP contribution in [0.1, 0.15) is 31.3 Å². The lowest BCUT2D eigenvalue weighted by Crippen LogP contribution is -2.38. The number of nitrogens with zero attached hydrogens (tertiary/aromatic N) is 3. The summed E-state index contributed by atoms with van der Waals surface area (Å²) in [5, 5.41) is -0.627. The number of ether oxygens (including phenoxy) is 3. The maximum atomic E-state index is 13.7. The first-order valence-corrected chi connectivity index (χ1v) is 14.2. The van der Waals surface area contributed by atoms with Crippen LogP contribution in [0.25, 0.3) is 0 Å². The Hall–Kier alpha value is -2.99. The maximum Gasteiger partial charge on any atom is 0.266 e. The van der Waals surface area contributed by atoms with Gasteiger partial charge in [-0.3, -0.25) is 4.79 Å². The number of halogens is 2. The lowest BCUT2D eigenvalue weighted by atomic mass is 9.99. The van der Waals surface area contributed by atoms with Gasteiger partial charge >= 0.3 is 0 Å². The first kappa shape index (κ1) is 25.7. The van der Waals surface area contributed by atoms with Crippen LogP contribution >= 0.6 is 0 Å². The molecule has 5 rings (SSSR count). The van der Waals surface area contributed by atoms with Crippen molar-refractivity contribution in [2.45, 2.75) is 36.8 Å². The second-order valence-electron chi connectivity index (χ2n) is 9.49. The molecule has 0 aliphatic carbocycles. The molecular weight excluding hydrogens is 508 g/mol. The van der Waals surface area contributed by atoms with Gasteiger partial charge in [0.2, 0.25) is 5.91 Å². The van der Waals surface area contributed by atoms with Gasteiger partial charge in [0, 0.05) is 44.4 Å². The van der Waals surface area contributed by atoms with Gasteiger partial charge in [0.15, 0.2) is 14.9 Å². The Morgan fingerprint density at radius 3 is 2.65 bits per heavy atom. The molecule has 0 saturated carbocycles. The third kappa shape index (κ3) is 5.49. The molecule has 1 atom stereocenters. The average molecular weight is 538 g/mol. The smallest absolute Gasteiger partial charge is 0.266 e. The summed E-state index contributed by atoms with van der Waals surface area (Å²) in [7, 11) is -3.91. The highest BCUT2D eigenvalue weighted by Crippen LogP contribution is 2.41. The number of alkyl halides is 2. The van der Waals surface area contributed by atoms with Gasteiger partial charge in [-0.05, 0) is 31.0 Å². The van der Waals surface area contributed by atoms with Gasteiger partial charge in [-0.15, -0.1) is 0 Å². The van der Waals surface area contributed by atoms with Crippen molar-refractivity contribution in [1.29, 1.82) is 0 Å². The lowest BCUT2D eigenvalue weighted by Gasteiger charge is -2.32. The predicted molar refractivity (Wildman–Crippen MR) is 130 cm³/mol. The highest BCUT2D eigenvalue weighted by Gasteiger charge is 2.33. The predicted octanol–water partition coefficient (Wildman–Crippen LogP) is 3.36. The minimum atomic E-state index is -3.91. The van der Waals surface area contributed by atoms with Crippen LogP contribution in [-0.4, -0.2) is 76.0 Å². The number of fused-ring (bicyclic) bond motifs is 1. The molecular formula is C25H29F2N3O6S. The number of hydrogen-bond acceptors (Lipinski definition) is 8. The van der Waals surface area contributed by atoms with Crippen molar-refractivity contribution < 1.29 is 36.2 Å². The van der Waals surface area contributed by atoms with Crippen LogP contribution in [0.15, 0.2) is 35.5 Å². The van der Waals surface area contributed by atoms with E-state index in [4.69, 9.17) is 14.2 Å². The van der Waals surface area contributed by atoms with Crippen LogP contribution in [0.2, 0.25) is 0 Å². The molecule has 0 bridgehead atoms. The summed E-state index contributed by atoms with van der Waals surface area (Å²) in [6.07, 6.45) is 1.17. The van der Waals surface area contributed by atoms with Crippen LogP contribution in [0.5, 0.6) is 11.5 Å². The maximum absolute atomic E-state index is 13.7.